The summed E-state index contributed by atoms with van der Waals surface area (Å²) in [6.45, 7) is 5.23. The van der Waals surface area contributed by atoms with Gasteiger partial charge in [-0.3, -0.25) is 4.68 Å². The average Bonchev–Trinajstić information content (AvgIpc) is 3.27. The van der Waals surface area contributed by atoms with Crippen LogP contribution in [0.15, 0.2) is 36.8 Å². The Bertz CT molecular complexity index is 634. The second-order valence-electron chi connectivity index (χ2n) is 6.17. The van der Waals surface area contributed by atoms with Crippen molar-refractivity contribution in [2.45, 2.75) is 38.9 Å². The van der Waals surface area contributed by atoms with Crippen molar-refractivity contribution in [1.29, 1.82) is 0 Å². The van der Waals surface area contributed by atoms with Gasteiger partial charge in [-0.1, -0.05) is 6.07 Å². The molecule has 0 spiro atoms. The van der Waals surface area contributed by atoms with Crippen molar-refractivity contribution in [2.75, 3.05) is 18.0 Å². The molecule has 1 aliphatic heterocycles. The van der Waals surface area contributed by atoms with Crippen LogP contribution < -0.4 is 15.5 Å². The van der Waals surface area contributed by atoms with Crippen molar-refractivity contribution in [3.05, 3.63) is 42.4 Å². The van der Waals surface area contributed by atoms with Crippen LogP contribution in [0.1, 0.15) is 25.3 Å². The highest BCUT2D eigenvalue weighted by Crippen LogP contribution is 2.17. The molecule has 3 rings (SSSR count). The van der Waals surface area contributed by atoms with E-state index in [0.29, 0.717) is 13.1 Å². The van der Waals surface area contributed by atoms with Crippen LogP contribution in [0.4, 0.5) is 10.6 Å². The van der Waals surface area contributed by atoms with Gasteiger partial charge >= 0.3 is 6.03 Å². The number of rotatable bonds is 6. The van der Waals surface area contributed by atoms with Gasteiger partial charge in [0.25, 0.3) is 0 Å². The summed E-state index contributed by atoms with van der Waals surface area (Å²) in [5, 5.41) is 9.90. The lowest BCUT2D eigenvalue weighted by molar-refractivity contribution is 0.235. The molecule has 1 saturated heterocycles. The first-order chi connectivity index (χ1) is 11.7. The Morgan fingerprint density at radius 3 is 2.83 bits per heavy atom. The largest absolute Gasteiger partial charge is 0.357 e. The second-order valence-corrected chi connectivity index (χ2v) is 6.17. The number of hydrogen-bond donors (Lipinski definition) is 2. The number of carbonyl (C=O) groups excluding carboxylic acids is 1. The summed E-state index contributed by atoms with van der Waals surface area (Å²) in [7, 11) is 0. The van der Waals surface area contributed by atoms with Crippen LogP contribution in [0.25, 0.3) is 0 Å². The minimum Gasteiger partial charge on any atom is -0.357 e. The maximum atomic E-state index is 12.0. The fourth-order valence-corrected chi connectivity index (χ4v) is 2.85. The zero-order valence-electron chi connectivity index (χ0n) is 14.0. The molecule has 0 radical (unpaired) electrons. The maximum Gasteiger partial charge on any atom is 0.315 e. The number of carbonyl (C=O) groups is 1. The van der Waals surface area contributed by atoms with Crippen LogP contribution in [0.3, 0.4) is 0 Å². The Kier molecular flexibility index (Phi) is 5.30. The topological polar surface area (TPSA) is 75.1 Å². The molecule has 2 N–H and O–H groups in total. The van der Waals surface area contributed by atoms with E-state index in [1.54, 1.807) is 10.9 Å². The Balaban J connectivity index is 1.42. The number of urea groups is 1. The first kappa shape index (κ1) is 16.3. The normalized spacial score (nSPS) is 15.3. The highest BCUT2D eigenvalue weighted by Gasteiger charge is 2.13. The number of pyridine rings is 1. The van der Waals surface area contributed by atoms with Crippen molar-refractivity contribution in [3.8, 4) is 0 Å². The van der Waals surface area contributed by atoms with Crippen molar-refractivity contribution >= 4 is 11.8 Å². The van der Waals surface area contributed by atoms with Gasteiger partial charge in [-0.2, -0.15) is 5.10 Å². The summed E-state index contributed by atoms with van der Waals surface area (Å²) in [5.74, 6) is 1.02. The molecule has 24 heavy (non-hydrogen) atoms. The van der Waals surface area contributed by atoms with Gasteiger partial charge in [-0.05, 0) is 37.5 Å². The Morgan fingerprint density at radius 1 is 1.33 bits per heavy atom. The van der Waals surface area contributed by atoms with Gasteiger partial charge < -0.3 is 15.5 Å². The maximum absolute atomic E-state index is 12.0. The number of aromatic nitrogens is 3. The fraction of sp³-hybridized carbons (Fsp3) is 0.471. The summed E-state index contributed by atoms with van der Waals surface area (Å²) in [4.78, 5) is 18.7. The van der Waals surface area contributed by atoms with Gasteiger partial charge in [0.05, 0.1) is 6.54 Å². The molecule has 2 aromatic rings. The third-order valence-electron chi connectivity index (χ3n) is 4.09. The minimum absolute atomic E-state index is 0.000526. The SMILES string of the molecule is C[C@@H](Cn1cccn1)NC(=O)NCc1ccc(N2CCCC2)nc1. The Hall–Kier alpha value is -2.57. The monoisotopic (exact) mass is 328 g/mol. The molecule has 0 unspecified atom stereocenters. The molecule has 3 heterocycles. The second kappa shape index (κ2) is 7.81. The fourth-order valence-electron chi connectivity index (χ4n) is 2.85. The van der Waals surface area contributed by atoms with E-state index in [4.69, 9.17) is 0 Å². The lowest BCUT2D eigenvalue weighted by atomic mass is 10.3. The van der Waals surface area contributed by atoms with Gasteiger partial charge in [0, 0.05) is 44.3 Å². The molecule has 0 saturated carbocycles. The first-order valence-corrected chi connectivity index (χ1v) is 8.42. The first-order valence-electron chi connectivity index (χ1n) is 8.42. The molecule has 1 fully saturated rings. The van der Waals surface area contributed by atoms with Crippen LogP contribution in [-0.4, -0.2) is 39.9 Å². The van der Waals surface area contributed by atoms with E-state index in [0.717, 1.165) is 24.5 Å². The van der Waals surface area contributed by atoms with Crippen LogP contribution in [0.2, 0.25) is 0 Å². The number of hydrogen-bond acceptors (Lipinski definition) is 4. The molecule has 7 nitrogen and oxygen atoms in total. The smallest absolute Gasteiger partial charge is 0.315 e. The highest BCUT2D eigenvalue weighted by molar-refractivity contribution is 5.74. The van der Waals surface area contributed by atoms with Gasteiger partial charge in [-0.25, -0.2) is 9.78 Å². The molecule has 1 atom stereocenters. The minimum atomic E-state index is -0.182. The van der Waals surface area contributed by atoms with Gasteiger partial charge in [0.15, 0.2) is 0 Å². The van der Waals surface area contributed by atoms with E-state index in [2.05, 4.69) is 25.6 Å². The highest BCUT2D eigenvalue weighted by atomic mass is 16.2. The standard InChI is InChI=1S/C17H24N6O/c1-14(13-23-10-4-7-20-23)21-17(24)19-12-15-5-6-16(18-11-15)22-8-2-3-9-22/h4-7,10-11,14H,2-3,8-9,12-13H2,1H3,(H2,19,21,24)/t14-/m0/s1. The van der Waals surface area contributed by atoms with E-state index in [-0.39, 0.29) is 12.1 Å². The molecule has 0 aliphatic carbocycles. The Morgan fingerprint density at radius 2 is 2.17 bits per heavy atom. The number of anilines is 1. The summed E-state index contributed by atoms with van der Waals surface area (Å²) in [6, 6.07) is 5.74. The van der Waals surface area contributed by atoms with Crippen LogP contribution in [0, 0.1) is 0 Å². The molecular formula is C17H24N6O. The lowest BCUT2D eigenvalue weighted by Gasteiger charge is -2.17. The molecule has 0 bridgehead atoms. The van der Waals surface area contributed by atoms with E-state index in [1.807, 2.05) is 37.5 Å². The summed E-state index contributed by atoms with van der Waals surface area (Å²) >= 11 is 0. The van der Waals surface area contributed by atoms with Crippen molar-refractivity contribution < 1.29 is 4.79 Å². The summed E-state index contributed by atoms with van der Waals surface area (Å²) < 4.78 is 1.80. The zero-order chi connectivity index (χ0) is 16.8. The molecule has 128 valence electrons. The quantitative estimate of drug-likeness (QED) is 0.847. The van der Waals surface area contributed by atoms with Crippen LogP contribution >= 0.6 is 0 Å². The van der Waals surface area contributed by atoms with Crippen molar-refractivity contribution in [3.63, 3.8) is 0 Å². The van der Waals surface area contributed by atoms with E-state index < -0.39 is 0 Å². The third kappa shape index (κ3) is 4.47. The number of nitrogens with one attached hydrogen (secondary N) is 2. The van der Waals surface area contributed by atoms with Gasteiger partial charge in [0.1, 0.15) is 5.82 Å². The van der Waals surface area contributed by atoms with E-state index in [9.17, 15) is 4.79 Å². The van der Waals surface area contributed by atoms with Crippen molar-refractivity contribution in [2.24, 2.45) is 0 Å². The van der Waals surface area contributed by atoms with Crippen LogP contribution in [-0.2, 0) is 13.1 Å². The molecular weight excluding hydrogens is 304 g/mol. The average molecular weight is 328 g/mol. The van der Waals surface area contributed by atoms with E-state index >= 15 is 0 Å². The van der Waals surface area contributed by atoms with Gasteiger partial charge in [-0.15, -0.1) is 0 Å². The Labute approximate surface area is 142 Å². The predicted molar refractivity (Wildman–Crippen MR) is 92.7 cm³/mol. The van der Waals surface area contributed by atoms with Crippen LogP contribution in [0.5, 0.6) is 0 Å². The molecule has 0 aromatic carbocycles. The van der Waals surface area contributed by atoms with E-state index in [1.165, 1.54) is 12.8 Å². The molecule has 1 aliphatic rings. The summed E-state index contributed by atoms with van der Waals surface area (Å²) in [6.07, 6.45) is 7.92. The summed E-state index contributed by atoms with van der Waals surface area (Å²) in [5.41, 5.74) is 0.993. The predicted octanol–water partition coefficient (Wildman–Crippen LogP) is 1.77. The van der Waals surface area contributed by atoms with Crippen molar-refractivity contribution in [1.82, 2.24) is 25.4 Å². The zero-order valence-corrected chi connectivity index (χ0v) is 14.0. The molecule has 7 heteroatoms. The van der Waals surface area contributed by atoms with Gasteiger partial charge in [0.2, 0.25) is 0 Å². The molecule has 2 aromatic heterocycles. The number of nitrogens with zero attached hydrogens (tertiary/aromatic N) is 4. The molecule has 2 amide bonds. The number of amides is 2. The third-order valence-corrected chi connectivity index (χ3v) is 4.09. The lowest BCUT2D eigenvalue weighted by Crippen LogP contribution is -2.42.